The van der Waals surface area contributed by atoms with Crippen molar-refractivity contribution in [3.05, 3.63) is 29.6 Å². The average molecular weight is 161 g/mol. The molecule has 0 saturated carbocycles. The molecule has 0 amide bonds. The Hall–Kier alpha value is -1.18. The van der Waals surface area contributed by atoms with Gasteiger partial charge in [0.05, 0.1) is 0 Å². The van der Waals surface area contributed by atoms with Crippen LogP contribution in [-0.2, 0) is 4.79 Å². The molecular formula is C10H11NO. The number of pyridine rings is 1. The van der Waals surface area contributed by atoms with E-state index in [9.17, 15) is 4.79 Å². The molecule has 2 atom stereocenters. The maximum absolute atomic E-state index is 10.7. The molecule has 2 heteroatoms. The number of aromatic nitrogens is 1. The van der Waals surface area contributed by atoms with E-state index < -0.39 is 0 Å². The first-order valence-electron chi connectivity index (χ1n) is 4.22. The van der Waals surface area contributed by atoms with Gasteiger partial charge in [-0.3, -0.25) is 4.98 Å². The summed E-state index contributed by atoms with van der Waals surface area (Å²) in [6.45, 7) is 2.14. The topological polar surface area (TPSA) is 30.0 Å². The van der Waals surface area contributed by atoms with Crippen molar-refractivity contribution in [1.82, 2.24) is 4.98 Å². The van der Waals surface area contributed by atoms with E-state index in [1.807, 2.05) is 12.3 Å². The zero-order valence-corrected chi connectivity index (χ0v) is 7.03. The molecule has 1 aliphatic carbocycles. The van der Waals surface area contributed by atoms with Crippen LogP contribution in [0.15, 0.2) is 18.5 Å². The number of rotatable bonds is 1. The molecule has 62 valence electrons. The predicted molar refractivity (Wildman–Crippen MR) is 46.1 cm³/mol. The molecule has 0 aromatic carbocycles. The summed E-state index contributed by atoms with van der Waals surface area (Å²) >= 11 is 0. The molecule has 0 saturated heterocycles. The highest BCUT2D eigenvalue weighted by Gasteiger charge is 2.27. The van der Waals surface area contributed by atoms with Crippen molar-refractivity contribution < 1.29 is 4.79 Å². The Labute approximate surface area is 71.6 Å². The largest absolute Gasteiger partial charge is 0.303 e. The van der Waals surface area contributed by atoms with Crippen LogP contribution in [-0.4, -0.2) is 11.3 Å². The minimum Gasteiger partial charge on any atom is -0.303 e. The third kappa shape index (κ3) is 0.951. The van der Waals surface area contributed by atoms with E-state index in [0.29, 0.717) is 5.92 Å². The molecule has 1 heterocycles. The smallest absolute Gasteiger partial charge is 0.127 e. The fraction of sp³-hybridized carbons (Fsp3) is 0.400. The summed E-state index contributed by atoms with van der Waals surface area (Å²) in [5.41, 5.74) is 2.42. The lowest BCUT2D eigenvalue weighted by Crippen LogP contribution is -1.93. The zero-order chi connectivity index (χ0) is 8.55. The summed E-state index contributed by atoms with van der Waals surface area (Å²) in [7, 11) is 0. The van der Waals surface area contributed by atoms with E-state index >= 15 is 0 Å². The first kappa shape index (κ1) is 7.47. The van der Waals surface area contributed by atoms with Crippen LogP contribution in [0.3, 0.4) is 0 Å². The Bertz CT molecular complexity index is 308. The fourth-order valence-corrected chi connectivity index (χ4v) is 1.93. The van der Waals surface area contributed by atoms with Crippen molar-refractivity contribution in [2.45, 2.75) is 25.2 Å². The van der Waals surface area contributed by atoms with E-state index in [-0.39, 0.29) is 5.92 Å². The number of aldehydes is 1. The Morgan fingerprint density at radius 3 is 3.17 bits per heavy atom. The molecule has 1 aromatic rings. The van der Waals surface area contributed by atoms with Gasteiger partial charge in [-0.05, 0) is 29.5 Å². The lowest BCUT2D eigenvalue weighted by atomic mass is 10.0. The van der Waals surface area contributed by atoms with Crippen LogP contribution in [0.5, 0.6) is 0 Å². The molecule has 2 unspecified atom stereocenters. The predicted octanol–water partition coefficient (Wildman–Crippen LogP) is 1.87. The molecular weight excluding hydrogens is 150 g/mol. The Kier molecular flexibility index (Phi) is 1.68. The second-order valence-electron chi connectivity index (χ2n) is 3.38. The number of nitrogens with zero attached hydrogens (tertiary/aromatic N) is 1. The van der Waals surface area contributed by atoms with E-state index in [1.54, 1.807) is 6.20 Å². The van der Waals surface area contributed by atoms with Gasteiger partial charge in [-0.1, -0.05) is 6.92 Å². The number of carbonyl (C=O) groups excluding carboxylic acids is 1. The van der Waals surface area contributed by atoms with Crippen LogP contribution in [0, 0.1) is 0 Å². The van der Waals surface area contributed by atoms with Gasteiger partial charge in [-0.15, -0.1) is 0 Å². The van der Waals surface area contributed by atoms with Crippen LogP contribution in [0.1, 0.15) is 36.3 Å². The van der Waals surface area contributed by atoms with Crippen LogP contribution in [0.25, 0.3) is 0 Å². The normalized spacial score (nSPS) is 26.8. The molecule has 0 spiro atoms. The van der Waals surface area contributed by atoms with E-state index in [0.717, 1.165) is 12.7 Å². The first-order valence-corrected chi connectivity index (χ1v) is 4.22. The Morgan fingerprint density at radius 2 is 2.42 bits per heavy atom. The summed E-state index contributed by atoms with van der Waals surface area (Å²) < 4.78 is 0. The first-order chi connectivity index (χ1) is 5.83. The van der Waals surface area contributed by atoms with Gasteiger partial charge >= 0.3 is 0 Å². The van der Waals surface area contributed by atoms with E-state index in [1.165, 1.54) is 11.1 Å². The molecule has 0 radical (unpaired) electrons. The summed E-state index contributed by atoms with van der Waals surface area (Å²) in [4.78, 5) is 14.8. The van der Waals surface area contributed by atoms with Gasteiger partial charge in [0.2, 0.25) is 0 Å². The number of hydrogen-bond donors (Lipinski definition) is 0. The zero-order valence-electron chi connectivity index (χ0n) is 7.03. The minimum absolute atomic E-state index is 0.109. The number of carbonyl (C=O) groups is 1. The maximum atomic E-state index is 10.7. The number of fused-ring (bicyclic) bond motifs is 1. The molecule has 0 bridgehead atoms. The van der Waals surface area contributed by atoms with Crippen molar-refractivity contribution in [2.75, 3.05) is 0 Å². The SMILES string of the molecule is CC1CC(C=O)c2ccncc21. The monoisotopic (exact) mass is 161 g/mol. The highest BCUT2D eigenvalue weighted by Crippen LogP contribution is 2.39. The van der Waals surface area contributed by atoms with Crippen LogP contribution >= 0.6 is 0 Å². The number of hydrogen-bond acceptors (Lipinski definition) is 2. The molecule has 2 rings (SSSR count). The molecule has 1 aliphatic rings. The summed E-state index contributed by atoms with van der Waals surface area (Å²) in [5, 5.41) is 0. The third-order valence-electron chi connectivity index (χ3n) is 2.59. The Morgan fingerprint density at radius 1 is 1.58 bits per heavy atom. The highest BCUT2D eigenvalue weighted by molar-refractivity contribution is 5.65. The molecule has 12 heavy (non-hydrogen) atoms. The van der Waals surface area contributed by atoms with Gasteiger partial charge in [0.15, 0.2) is 0 Å². The van der Waals surface area contributed by atoms with Gasteiger partial charge in [0.1, 0.15) is 6.29 Å². The second kappa shape index (κ2) is 2.70. The maximum Gasteiger partial charge on any atom is 0.127 e. The summed E-state index contributed by atoms with van der Waals surface area (Å²) in [5.74, 6) is 0.599. The van der Waals surface area contributed by atoms with E-state index in [4.69, 9.17) is 0 Å². The summed E-state index contributed by atoms with van der Waals surface area (Å²) in [6, 6.07) is 1.96. The Balaban J connectivity index is 2.49. The van der Waals surface area contributed by atoms with Gasteiger partial charge in [-0.25, -0.2) is 0 Å². The fourth-order valence-electron chi connectivity index (χ4n) is 1.93. The standard InChI is InChI=1S/C10H11NO/c1-7-4-8(6-12)9-2-3-11-5-10(7)9/h2-3,5-8H,4H2,1H3. The van der Waals surface area contributed by atoms with Gasteiger partial charge in [0, 0.05) is 18.3 Å². The lowest BCUT2D eigenvalue weighted by molar-refractivity contribution is -0.109. The molecule has 0 aliphatic heterocycles. The second-order valence-corrected chi connectivity index (χ2v) is 3.38. The van der Waals surface area contributed by atoms with Gasteiger partial charge in [0.25, 0.3) is 0 Å². The summed E-state index contributed by atoms with van der Waals surface area (Å²) in [6.07, 6.45) is 5.63. The van der Waals surface area contributed by atoms with Crippen molar-refractivity contribution >= 4 is 6.29 Å². The van der Waals surface area contributed by atoms with Crippen molar-refractivity contribution in [3.8, 4) is 0 Å². The van der Waals surface area contributed by atoms with Gasteiger partial charge < -0.3 is 4.79 Å². The quantitative estimate of drug-likeness (QED) is 0.588. The third-order valence-corrected chi connectivity index (χ3v) is 2.59. The lowest BCUT2D eigenvalue weighted by Gasteiger charge is -2.00. The van der Waals surface area contributed by atoms with Crippen LogP contribution in [0.4, 0.5) is 0 Å². The van der Waals surface area contributed by atoms with Crippen LogP contribution in [0.2, 0.25) is 0 Å². The van der Waals surface area contributed by atoms with Gasteiger partial charge in [-0.2, -0.15) is 0 Å². The van der Waals surface area contributed by atoms with E-state index in [2.05, 4.69) is 11.9 Å². The minimum atomic E-state index is 0.109. The average Bonchev–Trinajstić information content (AvgIpc) is 2.44. The highest BCUT2D eigenvalue weighted by atomic mass is 16.1. The van der Waals surface area contributed by atoms with Crippen molar-refractivity contribution in [3.63, 3.8) is 0 Å². The molecule has 1 aromatic heterocycles. The molecule has 2 nitrogen and oxygen atoms in total. The molecule has 0 fully saturated rings. The molecule has 0 N–H and O–H groups in total. The van der Waals surface area contributed by atoms with Crippen LogP contribution < -0.4 is 0 Å². The van der Waals surface area contributed by atoms with Crippen molar-refractivity contribution in [1.29, 1.82) is 0 Å². The van der Waals surface area contributed by atoms with Crippen molar-refractivity contribution in [2.24, 2.45) is 0 Å².